The second-order valence-electron chi connectivity index (χ2n) is 2.49. The van der Waals surface area contributed by atoms with Crippen LogP contribution in [0.5, 0.6) is 0 Å². The summed E-state index contributed by atoms with van der Waals surface area (Å²) < 4.78 is 4.59. The van der Waals surface area contributed by atoms with Crippen LogP contribution in [0, 0.1) is 0 Å². The lowest BCUT2D eigenvalue weighted by molar-refractivity contribution is -0.142. The van der Waals surface area contributed by atoms with E-state index in [4.69, 9.17) is 51.1 Å². The maximum atomic E-state index is 11.2. The van der Waals surface area contributed by atoms with Crippen LogP contribution in [-0.2, 0) is 9.53 Å². The molecule has 0 amide bonds. The molecule has 0 rings (SSSR count). The molecule has 0 saturated heterocycles. The van der Waals surface area contributed by atoms with E-state index in [2.05, 4.69) is 0 Å². The summed E-state index contributed by atoms with van der Waals surface area (Å²) in [6, 6.07) is 0. The van der Waals surface area contributed by atoms with Crippen LogP contribution in [-0.4, -0.2) is 18.0 Å². The molecular formula is C8H10Cl4O2. The average Bonchev–Trinajstić information content (AvgIpc) is 2.15. The zero-order chi connectivity index (χ0) is 11.1. The van der Waals surface area contributed by atoms with Crippen LogP contribution in [0.2, 0.25) is 0 Å². The Morgan fingerprint density at radius 3 is 2.36 bits per heavy atom. The van der Waals surface area contributed by atoms with Gasteiger partial charge in [0.25, 0.3) is 0 Å². The fourth-order valence-corrected chi connectivity index (χ4v) is 1.18. The summed E-state index contributed by atoms with van der Waals surface area (Å²) >= 11 is 21.9. The van der Waals surface area contributed by atoms with Crippen LogP contribution in [0.3, 0.4) is 0 Å². The maximum Gasteiger partial charge on any atom is 0.329 e. The molecule has 0 N–H and O–H groups in total. The highest BCUT2D eigenvalue weighted by Gasteiger charge is 2.22. The van der Waals surface area contributed by atoms with Crippen LogP contribution < -0.4 is 0 Å². The molecule has 1 unspecified atom stereocenters. The highest BCUT2D eigenvalue weighted by Crippen LogP contribution is 2.25. The fourth-order valence-electron chi connectivity index (χ4n) is 0.590. The molecule has 0 aliphatic carbocycles. The zero-order valence-corrected chi connectivity index (χ0v) is 10.6. The smallest absolute Gasteiger partial charge is 0.329 e. The molecule has 0 heterocycles. The number of alkyl halides is 1. The minimum atomic E-state index is -1.13. The van der Waals surface area contributed by atoms with Gasteiger partial charge in [-0.2, -0.15) is 0 Å². The summed E-state index contributed by atoms with van der Waals surface area (Å²) in [5.74, 6) is -0.635. The van der Waals surface area contributed by atoms with Gasteiger partial charge in [0.05, 0.1) is 11.6 Å². The van der Waals surface area contributed by atoms with Crippen molar-refractivity contribution in [1.82, 2.24) is 0 Å². The van der Waals surface area contributed by atoms with Crippen LogP contribution in [0.4, 0.5) is 0 Å². The van der Waals surface area contributed by atoms with Crippen molar-refractivity contribution in [3.05, 3.63) is 9.52 Å². The normalized spacial score (nSPS) is 12.1. The number of unbranched alkanes of at least 4 members (excludes halogenated alkanes) is 1. The standard InChI is InChI=1S/C8H10Cl4O2/c1-2-3-4-14-8(13)6(10)5(9)7(11)12/h6H,2-4H2,1H3. The Morgan fingerprint density at radius 2 is 1.93 bits per heavy atom. The largest absolute Gasteiger partial charge is 0.464 e. The van der Waals surface area contributed by atoms with E-state index in [1.807, 2.05) is 6.92 Å². The second-order valence-corrected chi connectivity index (χ2v) is 4.28. The molecule has 82 valence electrons. The van der Waals surface area contributed by atoms with Crippen molar-refractivity contribution in [3.8, 4) is 0 Å². The van der Waals surface area contributed by atoms with Gasteiger partial charge in [-0.15, -0.1) is 11.6 Å². The monoisotopic (exact) mass is 278 g/mol. The second kappa shape index (κ2) is 7.63. The topological polar surface area (TPSA) is 26.3 Å². The van der Waals surface area contributed by atoms with Crippen molar-refractivity contribution >= 4 is 52.4 Å². The number of carbonyl (C=O) groups excluding carboxylic acids is 1. The summed E-state index contributed by atoms with van der Waals surface area (Å²) in [5.41, 5.74) is 0. The highest BCUT2D eigenvalue weighted by molar-refractivity contribution is 6.61. The van der Waals surface area contributed by atoms with E-state index in [1.165, 1.54) is 0 Å². The van der Waals surface area contributed by atoms with Gasteiger partial charge in [0.1, 0.15) is 4.49 Å². The van der Waals surface area contributed by atoms with E-state index in [1.54, 1.807) is 0 Å². The van der Waals surface area contributed by atoms with Gasteiger partial charge in [-0.3, -0.25) is 4.79 Å². The molecule has 2 nitrogen and oxygen atoms in total. The molecule has 1 atom stereocenters. The van der Waals surface area contributed by atoms with Crippen molar-refractivity contribution in [1.29, 1.82) is 0 Å². The Labute approximate surface area is 103 Å². The predicted octanol–water partition coefficient (Wildman–Crippen LogP) is 3.82. The molecule has 6 heteroatoms. The molecule has 0 aliphatic rings. The molecule has 0 aromatic heterocycles. The zero-order valence-electron chi connectivity index (χ0n) is 7.53. The van der Waals surface area contributed by atoms with E-state index in [9.17, 15) is 4.79 Å². The van der Waals surface area contributed by atoms with Crippen LogP contribution >= 0.6 is 46.4 Å². The lowest BCUT2D eigenvalue weighted by atomic mass is 10.3. The fraction of sp³-hybridized carbons (Fsp3) is 0.625. The summed E-state index contributed by atoms with van der Waals surface area (Å²) in [7, 11) is 0. The minimum Gasteiger partial charge on any atom is -0.464 e. The minimum absolute atomic E-state index is 0.114. The first-order valence-corrected chi connectivity index (χ1v) is 5.59. The number of carbonyl (C=O) groups is 1. The molecule has 0 aromatic rings. The molecule has 0 saturated carbocycles. The molecule has 0 fully saturated rings. The van der Waals surface area contributed by atoms with Gasteiger partial charge >= 0.3 is 5.97 Å². The lowest BCUT2D eigenvalue weighted by Gasteiger charge is -2.08. The Hall–Kier alpha value is 0.370. The molecule has 0 radical (unpaired) electrons. The molecular weight excluding hydrogens is 270 g/mol. The summed E-state index contributed by atoms with van der Waals surface area (Å²) in [4.78, 5) is 11.2. The molecule has 14 heavy (non-hydrogen) atoms. The van der Waals surface area contributed by atoms with Gasteiger partial charge in [0.15, 0.2) is 5.38 Å². The first-order chi connectivity index (χ1) is 6.50. The Morgan fingerprint density at radius 1 is 1.36 bits per heavy atom. The lowest BCUT2D eigenvalue weighted by Crippen LogP contribution is -2.19. The summed E-state index contributed by atoms with van der Waals surface area (Å²) in [6.07, 6.45) is 1.71. The number of ether oxygens (including phenoxy) is 1. The van der Waals surface area contributed by atoms with Gasteiger partial charge in [-0.25, -0.2) is 0 Å². The van der Waals surface area contributed by atoms with Crippen molar-refractivity contribution in [3.63, 3.8) is 0 Å². The van der Waals surface area contributed by atoms with E-state index in [-0.39, 0.29) is 9.52 Å². The Kier molecular flexibility index (Phi) is 7.84. The van der Waals surface area contributed by atoms with Crippen LogP contribution in [0.25, 0.3) is 0 Å². The summed E-state index contributed by atoms with van der Waals surface area (Å²) in [5, 5.41) is -1.24. The Balaban J connectivity index is 4.07. The predicted molar refractivity (Wildman–Crippen MR) is 60.1 cm³/mol. The maximum absolute atomic E-state index is 11.2. The van der Waals surface area contributed by atoms with Crippen LogP contribution in [0.15, 0.2) is 9.52 Å². The first-order valence-electron chi connectivity index (χ1n) is 4.02. The molecule has 0 aliphatic heterocycles. The van der Waals surface area contributed by atoms with Gasteiger partial charge in [-0.1, -0.05) is 48.1 Å². The van der Waals surface area contributed by atoms with Crippen molar-refractivity contribution < 1.29 is 9.53 Å². The first kappa shape index (κ1) is 14.4. The van der Waals surface area contributed by atoms with E-state index < -0.39 is 11.3 Å². The third-order valence-electron chi connectivity index (χ3n) is 1.35. The van der Waals surface area contributed by atoms with Gasteiger partial charge in [0.2, 0.25) is 0 Å². The van der Waals surface area contributed by atoms with Gasteiger partial charge < -0.3 is 4.74 Å². The summed E-state index contributed by atoms with van der Waals surface area (Å²) in [6.45, 7) is 2.30. The number of hydrogen-bond acceptors (Lipinski definition) is 2. The quantitative estimate of drug-likeness (QED) is 0.434. The third-order valence-corrected chi connectivity index (χ3v) is 2.87. The number of rotatable bonds is 5. The van der Waals surface area contributed by atoms with Crippen molar-refractivity contribution in [2.45, 2.75) is 25.1 Å². The van der Waals surface area contributed by atoms with Crippen LogP contribution in [0.1, 0.15) is 19.8 Å². The number of esters is 1. The molecule has 0 spiro atoms. The van der Waals surface area contributed by atoms with E-state index >= 15 is 0 Å². The third kappa shape index (κ3) is 5.30. The average molecular weight is 280 g/mol. The van der Waals surface area contributed by atoms with E-state index in [0.29, 0.717) is 6.61 Å². The highest BCUT2D eigenvalue weighted by atomic mass is 35.5. The molecule has 0 bridgehead atoms. The van der Waals surface area contributed by atoms with Gasteiger partial charge in [0, 0.05) is 0 Å². The van der Waals surface area contributed by atoms with Gasteiger partial charge in [-0.05, 0) is 6.42 Å². The van der Waals surface area contributed by atoms with Crippen molar-refractivity contribution in [2.75, 3.05) is 6.61 Å². The number of halogens is 4. The van der Waals surface area contributed by atoms with Crippen molar-refractivity contribution in [2.24, 2.45) is 0 Å². The Bertz CT molecular complexity index is 223. The number of hydrogen-bond donors (Lipinski definition) is 0. The SMILES string of the molecule is CCCCOC(=O)C(Cl)C(Cl)=C(Cl)Cl. The molecule has 0 aromatic carbocycles. The van der Waals surface area contributed by atoms with E-state index in [0.717, 1.165) is 12.8 Å².